The van der Waals surface area contributed by atoms with Crippen molar-refractivity contribution in [3.8, 4) is 0 Å². The SMILES string of the molecule is CC1CC(C(=O)N(C)C2CCCCC2)(C(N)=NO)C1. The van der Waals surface area contributed by atoms with E-state index in [1.54, 1.807) is 0 Å². The van der Waals surface area contributed by atoms with Crippen molar-refractivity contribution < 1.29 is 10.0 Å². The topological polar surface area (TPSA) is 78.9 Å². The fraction of sp³-hybridized carbons (Fsp3) is 0.857. The number of carbonyl (C=O) groups excluding carboxylic acids is 1. The molecule has 2 aliphatic carbocycles. The number of oxime groups is 1. The van der Waals surface area contributed by atoms with Crippen molar-refractivity contribution in [3.05, 3.63) is 0 Å². The van der Waals surface area contributed by atoms with E-state index in [0.717, 1.165) is 12.8 Å². The molecule has 3 N–H and O–H groups in total. The van der Waals surface area contributed by atoms with Crippen molar-refractivity contribution >= 4 is 11.7 Å². The Kier molecular flexibility index (Phi) is 4.02. The van der Waals surface area contributed by atoms with Crippen LogP contribution in [0.4, 0.5) is 0 Å². The Bertz CT molecular complexity index is 369. The van der Waals surface area contributed by atoms with Gasteiger partial charge in [0.15, 0.2) is 5.84 Å². The van der Waals surface area contributed by atoms with Crippen LogP contribution in [0.15, 0.2) is 5.16 Å². The van der Waals surface area contributed by atoms with Crippen LogP contribution >= 0.6 is 0 Å². The zero-order valence-corrected chi connectivity index (χ0v) is 11.9. The smallest absolute Gasteiger partial charge is 0.236 e. The second kappa shape index (κ2) is 5.39. The molecular formula is C14H25N3O2. The molecule has 2 rings (SSSR count). The maximum atomic E-state index is 12.7. The van der Waals surface area contributed by atoms with Crippen LogP contribution in [0.5, 0.6) is 0 Å². The molecule has 19 heavy (non-hydrogen) atoms. The van der Waals surface area contributed by atoms with E-state index in [1.165, 1.54) is 19.3 Å². The van der Waals surface area contributed by atoms with Crippen LogP contribution in [0.2, 0.25) is 0 Å². The van der Waals surface area contributed by atoms with Gasteiger partial charge in [-0.1, -0.05) is 31.3 Å². The molecule has 0 atom stereocenters. The highest BCUT2D eigenvalue weighted by molar-refractivity contribution is 6.07. The summed E-state index contributed by atoms with van der Waals surface area (Å²) in [5.41, 5.74) is 5.05. The Morgan fingerprint density at radius 1 is 1.32 bits per heavy atom. The maximum Gasteiger partial charge on any atom is 0.236 e. The molecule has 0 spiro atoms. The van der Waals surface area contributed by atoms with E-state index >= 15 is 0 Å². The molecule has 2 saturated carbocycles. The zero-order chi connectivity index (χ0) is 14.0. The summed E-state index contributed by atoms with van der Waals surface area (Å²) in [5.74, 6) is 0.579. The first-order valence-corrected chi connectivity index (χ1v) is 7.26. The van der Waals surface area contributed by atoms with Crippen LogP contribution in [-0.4, -0.2) is 34.9 Å². The van der Waals surface area contributed by atoms with Gasteiger partial charge < -0.3 is 15.8 Å². The van der Waals surface area contributed by atoms with E-state index in [-0.39, 0.29) is 11.7 Å². The molecule has 1 amide bonds. The van der Waals surface area contributed by atoms with Crippen LogP contribution in [0.25, 0.3) is 0 Å². The van der Waals surface area contributed by atoms with Crippen molar-refractivity contribution in [2.45, 2.75) is 57.9 Å². The summed E-state index contributed by atoms with van der Waals surface area (Å²) >= 11 is 0. The lowest BCUT2D eigenvalue weighted by Gasteiger charge is -2.47. The number of carbonyl (C=O) groups is 1. The van der Waals surface area contributed by atoms with Gasteiger partial charge in [0, 0.05) is 13.1 Å². The summed E-state index contributed by atoms with van der Waals surface area (Å²) in [4.78, 5) is 14.6. The Labute approximate surface area is 114 Å². The lowest BCUT2D eigenvalue weighted by atomic mass is 9.61. The quantitative estimate of drug-likeness (QED) is 0.355. The van der Waals surface area contributed by atoms with Gasteiger partial charge in [-0.05, 0) is 31.6 Å². The second-order valence-electron chi connectivity index (χ2n) is 6.29. The molecule has 2 aliphatic rings. The fourth-order valence-corrected chi connectivity index (χ4v) is 3.69. The number of amides is 1. The Balaban J connectivity index is 2.11. The van der Waals surface area contributed by atoms with Gasteiger partial charge in [-0.3, -0.25) is 4.79 Å². The monoisotopic (exact) mass is 267 g/mol. The molecule has 0 unspecified atom stereocenters. The third-order valence-electron chi connectivity index (χ3n) is 4.84. The molecule has 0 aromatic heterocycles. The summed E-state index contributed by atoms with van der Waals surface area (Å²) in [6.07, 6.45) is 7.18. The van der Waals surface area contributed by atoms with Gasteiger partial charge in [-0.25, -0.2) is 0 Å². The number of nitrogens with two attached hydrogens (primary N) is 1. The predicted molar refractivity (Wildman–Crippen MR) is 73.9 cm³/mol. The first kappa shape index (κ1) is 14.2. The molecule has 0 saturated heterocycles. The van der Waals surface area contributed by atoms with Crippen molar-refractivity contribution in [2.75, 3.05) is 7.05 Å². The van der Waals surface area contributed by atoms with E-state index in [9.17, 15) is 4.79 Å². The number of hydrogen-bond donors (Lipinski definition) is 2. The highest BCUT2D eigenvalue weighted by Crippen LogP contribution is 2.47. The lowest BCUT2D eigenvalue weighted by Crippen LogP contribution is -2.58. The first-order chi connectivity index (χ1) is 9.01. The standard InChI is InChI=1S/C14H25N3O2/c1-10-8-14(9-10,12(15)16-19)13(18)17(2)11-6-4-3-5-7-11/h10-11,19H,3-9H2,1-2H3,(H2,15,16). The summed E-state index contributed by atoms with van der Waals surface area (Å²) in [6, 6.07) is 0.320. The average molecular weight is 267 g/mol. The van der Waals surface area contributed by atoms with Gasteiger partial charge in [0.05, 0.1) is 0 Å². The molecule has 5 heteroatoms. The largest absolute Gasteiger partial charge is 0.409 e. The predicted octanol–water partition coefficient (Wildman–Crippen LogP) is 1.94. The van der Waals surface area contributed by atoms with Crippen molar-refractivity contribution in [1.82, 2.24) is 4.90 Å². The van der Waals surface area contributed by atoms with Crippen LogP contribution in [-0.2, 0) is 4.79 Å². The van der Waals surface area contributed by atoms with Crippen LogP contribution in [0, 0.1) is 11.3 Å². The summed E-state index contributed by atoms with van der Waals surface area (Å²) in [5, 5.41) is 12.1. The maximum absolute atomic E-state index is 12.7. The van der Waals surface area contributed by atoms with E-state index in [2.05, 4.69) is 12.1 Å². The molecule has 5 nitrogen and oxygen atoms in total. The van der Waals surface area contributed by atoms with Crippen molar-refractivity contribution in [1.29, 1.82) is 0 Å². The van der Waals surface area contributed by atoms with Gasteiger partial charge in [0.1, 0.15) is 5.41 Å². The number of rotatable bonds is 3. The minimum absolute atomic E-state index is 0.0350. The Hall–Kier alpha value is -1.26. The highest BCUT2D eigenvalue weighted by atomic mass is 16.4. The second-order valence-corrected chi connectivity index (χ2v) is 6.29. The molecule has 0 aromatic rings. The molecule has 2 fully saturated rings. The van der Waals surface area contributed by atoms with Gasteiger partial charge >= 0.3 is 0 Å². The summed E-state index contributed by atoms with van der Waals surface area (Å²) in [7, 11) is 1.87. The zero-order valence-electron chi connectivity index (χ0n) is 11.9. The number of amidine groups is 1. The molecule has 0 radical (unpaired) electrons. The fourth-order valence-electron chi connectivity index (χ4n) is 3.69. The van der Waals surface area contributed by atoms with Crippen LogP contribution < -0.4 is 5.73 Å². The molecule has 108 valence electrons. The summed E-state index contributed by atoms with van der Waals surface area (Å²) < 4.78 is 0. The Morgan fingerprint density at radius 3 is 2.37 bits per heavy atom. The minimum atomic E-state index is -0.750. The first-order valence-electron chi connectivity index (χ1n) is 7.26. The number of nitrogens with zero attached hydrogens (tertiary/aromatic N) is 2. The number of hydrogen-bond acceptors (Lipinski definition) is 3. The van der Waals surface area contributed by atoms with Gasteiger partial charge in [0.25, 0.3) is 0 Å². The van der Waals surface area contributed by atoms with E-state index in [1.807, 2.05) is 11.9 Å². The lowest BCUT2D eigenvalue weighted by molar-refractivity contribution is -0.145. The van der Waals surface area contributed by atoms with Crippen molar-refractivity contribution in [3.63, 3.8) is 0 Å². The summed E-state index contributed by atoms with van der Waals surface area (Å²) in [6.45, 7) is 2.09. The molecule has 0 aliphatic heterocycles. The van der Waals surface area contributed by atoms with Gasteiger partial charge in [-0.2, -0.15) is 0 Å². The Morgan fingerprint density at radius 2 is 1.89 bits per heavy atom. The van der Waals surface area contributed by atoms with E-state index in [0.29, 0.717) is 24.8 Å². The van der Waals surface area contributed by atoms with E-state index in [4.69, 9.17) is 10.9 Å². The average Bonchev–Trinajstić information content (AvgIpc) is 2.42. The molecule has 0 aromatic carbocycles. The van der Waals surface area contributed by atoms with Crippen molar-refractivity contribution in [2.24, 2.45) is 22.2 Å². The molecule has 0 bridgehead atoms. The highest BCUT2D eigenvalue weighted by Gasteiger charge is 2.53. The third kappa shape index (κ3) is 2.42. The molecular weight excluding hydrogens is 242 g/mol. The van der Waals surface area contributed by atoms with Crippen LogP contribution in [0.3, 0.4) is 0 Å². The molecule has 0 heterocycles. The van der Waals surface area contributed by atoms with E-state index < -0.39 is 5.41 Å². The van der Waals surface area contributed by atoms with Crippen LogP contribution in [0.1, 0.15) is 51.9 Å². The normalized spacial score (nSPS) is 32.7. The third-order valence-corrected chi connectivity index (χ3v) is 4.84. The van der Waals surface area contributed by atoms with Gasteiger partial charge in [0.2, 0.25) is 5.91 Å². The minimum Gasteiger partial charge on any atom is -0.409 e. The van der Waals surface area contributed by atoms with Gasteiger partial charge in [-0.15, -0.1) is 0 Å².